The van der Waals surface area contributed by atoms with Crippen molar-refractivity contribution in [3.8, 4) is 22.3 Å². The van der Waals surface area contributed by atoms with Gasteiger partial charge in [-0.3, -0.25) is 0 Å². The fourth-order valence-electron chi connectivity index (χ4n) is 7.51. The van der Waals surface area contributed by atoms with Crippen LogP contribution in [-0.2, 0) is 6.42 Å². The zero-order valence-electron chi connectivity index (χ0n) is 27.1. The van der Waals surface area contributed by atoms with Gasteiger partial charge in [-0.15, -0.1) is 0 Å². The van der Waals surface area contributed by atoms with E-state index in [9.17, 15) is 0 Å². The van der Waals surface area contributed by atoms with E-state index in [2.05, 4.69) is 109 Å². The van der Waals surface area contributed by atoms with Crippen LogP contribution in [0.15, 0.2) is 172 Å². The van der Waals surface area contributed by atoms with Crippen molar-refractivity contribution in [3.05, 3.63) is 175 Å². The maximum Gasteiger partial charge on any atom is 0.136 e. The first-order valence-electron chi connectivity index (χ1n) is 16.9. The SMILES string of the molecule is NC(=Nc1c(Cc2ccc3c(c2)c2cccc4oc5cc(-c6ccccc6)cc3c5c42)oc2ccc(-c3ccccc3)cc12)c1ccccc1. The second-order valence-corrected chi connectivity index (χ2v) is 12.9. The molecule has 0 fully saturated rings. The number of hydrogen-bond acceptors (Lipinski definition) is 3. The van der Waals surface area contributed by atoms with Crippen LogP contribution >= 0.6 is 0 Å². The van der Waals surface area contributed by atoms with Gasteiger partial charge in [-0.25, -0.2) is 4.99 Å². The third-order valence-corrected chi connectivity index (χ3v) is 9.88. The number of benzene rings is 8. The van der Waals surface area contributed by atoms with Gasteiger partial charge in [0, 0.05) is 28.1 Å². The van der Waals surface area contributed by atoms with Gasteiger partial charge in [-0.05, 0) is 79.7 Å². The Morgan fingerprint density at radius 1 is 0.460 bits per heavy atom. The molecule has 0 amide bonds. The lowest BCUT2D eigenvalue weighted by atomic mass is 9.91. The van der Waals surface area contributed by atoms with Crippen molar-refractivity contribution in [2.75, 3.05) is 0 Å². The molecule has 4 heteroatoms. The van der Waals surface area contributed by atoms with Crippen molar-refractivity contribution in [2.45, 2.75) is 6.42 Å². The Bertz CT molecular complexity index is 2880. The van der Waals surface area contributed by atoms with E-state index in [1.165, 1.54) is 37.9 Å². The van der Waals surface area contributed by atoms with Crippen LogP contribution in [0.25, 0.3) is 76.7 Å². The minimum atomic E-state index is 0.451. The topological polar surface area (TPSA) is 64.7 Å². The van der Waals surface area contributed by atoms with Crippen LogP contribution in [0.1, 0.15) is 16.9 Å². The van der Waals surface area contributed by atoms with Gasteiger partial charge in [0.2, 0.25) is 0 Å². The van der Waals surface area contributed by atoms with Crippen molar-refractivity contribution < 1.29 is 8.83 Å². The molecule has 10 rings (SSSR count). The lowest BCUT2D eigenvalue weighted by Crippen LogP contribution is -2.12. The monoisotopic (exact) mass is 642 g/mol. The number of nitrogens with zero attached hydrogens (tertiary/aromatic N) is 1. The van der Waals surface area contributed by atoms with E-state index < -0.39 is 0 Å². The van der Waals surface area contributed by atoms with Crippen molar-refractivity contribution in [1.82, 2.24) is 0 Å². The summed E-state index contributed by atoms with van der Waals surface area (Å²) in [4.78, 5) is 5.04. The van der Waals surface area contributed by atoms with Gasteiger partial charge in [0.05, 0.1) is 0 Å². The molecule has 2 N–H and O–H groups in total. The molecule has 236 valence electrons. The summed E-state index contributed by atoms with van der Waals surface area (Å²) in [5, 5.41) is 8.03. The van der Waals surface area contributed by atoms with Gasteiger partial charge in [0.25, 0.3) is 0 Å². The first kappa shape index (κ1) is 28.4. The van der Waals surface area contributed by atoms with Crippen LogP contribution in [0.5, 0.6) is 0 Å². The Labute approximate surface area is 288 Å². The fraction of sp³-hybridized carbons (Fsp3) is 0.0217. The number of amidine groups is 1. The zero-order valence-corrected chi connectivity index (χ0v) is 27.1. The van der Waals surface area contributed by atoms with Crippen LogP contribution in [0, 0.1) is 0 Å². The molecule has 0 saturated heterocycles. The molecule has 0 aliphatic carbocycles. The highest BCUT2D eigenvalue weighted by Crippen LogP contribution is 2.45. The van der Waals surface area contributed by atoms with Crippen molar-refractivity contribution in [3.63, 3.8) is 0 Å². The summed E-state index contributed by atoms with van der Waals surface area (Å²) in [6.45, 7) is 0. The van der Waals surface area contributed by atoms with Crippen molar-refractivity contribution in [2.24, 2.45) is 10.7 Å². The van der Waals surface area contributed by atoms with Gasteiger partial charge in [0.15, 0.2) is 0 Å². The second kappa shape index (κ2) is 11.2. The third kappa shape index (κ3) is 4.57. The number of furan rings is 2. The lowest BCUT2D eigenvalue weighted by molar-refractivity contribution is 0.564. The van der Waals surface area contributed by atoms with Gasteiger partial charge >= 0.3 is 0 Å². The zero-order chi connectivity index (χ0) is 33.2. The minimum Gasteiger partial charge on any atom is -0.458 e. The van der Waals surface area contributed by atoms with Crippen LogP contribution < -0.4 is 5.73 Å². The Kier molecular flexibility index (Phi) is 6.36. The highest BCUT2D eigenvalue weighted by Gasteiger charge is 2.21. The van der Waals surface area contributed by atoms with E-state index in [-0.39, 0.29) is 0 Å². The number of hydrogen-bond donors (Lipinski definition) is 1. The largest absolute Gasteiger partial charge is 0.458 e. The van der Waals surface area contributed by atoms with E-state index in [4.69, 9.17) is 19.6 Å². The predicted octanol–water partition coefficient (Wildman–Crippen LogP) is 12.0. The first-order chi connectivity index (χ1) is 24.7. The van der Waals surface area contributed by atoms with Crippen molar-refractivity contribution in [1.29, 1.82) is 0 Å². The van der Waals surface area contributed by atoms with E-state index in [0.29, 0.717) is 12.3 Å². The number of fused-ring (bicyclic) bond motifs is 4. The van der Waals surface area contributed by atoms with Crippen LogP contribution in [0.2, 0.25) is 0 Å². The predicted molar refractivity (Wildman–Crippen MR) is 207 cm³/mol. The highest BCUT2D eigenvalue weighted by atomic mass is 16.3. The molecule has 0 spiro atoms. The molecule has 10 aromatic rings. The van der Waals surface area contributed by atoms with Gasteiger partial charge in [-0.2, -0.15) is 0 Å². The van der Waals surface area contributed by atoms with Gasteiger partial charge in [-0.1, -0.05) is 127 Å². The Morgan fingerprint density at radius 3 is 1.94 bits per heavy atom. The molecular weight excluding hydrogens is 613 g/mol. The van der Waals surface area contributed by atoms with E-state index in [0.717, 1.165) is 61.4 Å². The fourth-order valence-corrected chi connectivity index (χ4v) is 7.51. The molecule has 8 aromatic carbocycles. The maximum atomic E-state index is 6.65. The molecule has 0 atom stereocenters. The van der Waals surface area contributed by atoms with E-state index >= 15 is 0 Å². The molecule has 50 heavy (non-hydrogen) atoms. The number of nitrogens with two attached hydrogens (primary N) is 1. The summed E-state index contributed by atoms with van der Waals surface area (Å²) in [5.74, 6) is 1.22. The minimum absolute atomic E-state index is 0.451. The third-order valence-electron chi connectivity index (χ3n) is 9.88. The van der Waals surface area contributed by atoms with Gasteiger partial charge in [0.1, 0.15) is 34.0 Å². The second-order valence-electron chi connectivity index (χ2n) is 12.9. The average molecular weight is 643 g/mol. The summed E-state index contributed by atoms with van der Waals surface area (Å²) >= 11 is 0. The normalized spacial score (nSPS) is 12.3. The summed E-state index contributed by atoms with van der Waals surface area (Å²) in [7, 11) is 0. The average Bonchev–Trinajstić information content (AvgIpc) is 3.72. The maximum absolute atomic E-state index is 6.65. The van der Waals surface area contributed by atoms with Crippen molar-refractivity contribution >= 4 is 66.0 Å². The summed E-state index contributed by atoms with van der Waals surface area (Å²) in [6.07, 6.45) is 0.553. The Morgan fingerprint density at radius 2 is 1.16 bits per heavy atom. The van der Waals surface area contributed by atoms with Gasteiger partial charge < -0.3 is 14.6 Å². The molecule has 0 radical (unpaired) electrons. The first-order valence-corrected chi connectivity index (χ1v) is 16.9. The molecule has 0 saturated carbocycles. The standard InChI is InChI=1S/C46H30N2O2/c47-46(31-15-8-3-9-16-31)48-45-38-25-32(29-11-4-1-5-12-29)20-22-39(38)49-42(45)24-28-19-21-34-36(23-28)35-17-10-18-40-43(35)44-37(34)26-33(27-41(44)50-40)30-13-6-2-7-14-30/h1-23,25-27H,24H2,(H2,47,48). The molecule has 0 aliphatic rings. The molecule has 2 heterocycles. The highest BCUT2D eigenvalue weighted by molar-refractivity contribution is 6.33. The molecule has 0 aliphatic heterocycles. The molecule has 4 nitrogen and oxygen atoms in total. The Hall–Kier alpha value is -6.65. The number of aliphatic imine (C=N–C) groups is 1. The van der Waals surface area contributed by atoms with E-state index in [1.807, 2.05) is 48.5 Å². The Balaban J connectivity index is 1.16. The summed E-state index contributed by atoms with van der Waals surface area (Å²) in [6, 6.07) is 54.7. The smallest absolute Gasteiger partial charge is 0.136 e. The van der Waals surface area contributed by atoms with Crippen LogP contribution in [-0.4, -0.2) is 5.84 Å². The quantitative estimate of drug-likeness (QED) is 0.111. The van der Waals surface area contributed by atoms with Crippen LogP contribution in [0.3, 0.4) is 0 Å². The lowest BCUT2D eigenvalue weighted by Gasteiger charge is -2.11. The summed E-state index contributed by atoms with van der Waals surface area (Å²) < 4.78 is 13.1. The van der Waals surface area contributed by atoms with Crippen LogP contribution in [0.4, 0.5) is 5.69 Å². The molecular formula is C46H30N2O2. The van der Waals surface area contributed by atoms with E-state index in [1.54, 1.807) is 0 Å². The molecule has 0 unspecified atom stereocenters. The number of rotatable bonds is 6. The molecule has 2 aromatic heterocycles. The summed E-state index contributed by atoms with van der Waals surface area (Å²) in [5.41, 5.74) is 16.5. The molecule has 0 bridgehead atoms.